The Bertz CT molecular complexity index is 4660. The first-order chi connectivity index (χ1) is 50.5. The lowest BCUT2D eigenvalue weighted by Gasteiger charge is -2.28. The molecule has 3 atom stereocenters. The number of aromatic nitrogens is 6. The highest BCUT2D eigenvalue weighted by molar-refractivity contribution is 6.31. The number of hydrogen-bond acceptors (Lipinski definition) is 10. The van der Waals surface area contributed by atoms with Crippen LogP contribution in [0.4, 0.5) is 18.9 Å². The van der Waals surface area contributed by atoms with Gasteiger partial charge in [-0.25, -0.2) is 32.2 Å². The molecule has 7 aromatic carbocycles. The van der Waals surface area contributed by atoms with Gasteiger partial charge in [0.05, 0.1) is 73.8 Å². The van der Waals surface area contributed by atoms with Crippen molar-refractivity contribution in [3.63, 3.8) is 0 Å². The second-order valence-electron chi connectivity index (χ2n) is 27.0. The zero-order chi connectivity index (χ0) is 72.0. The molecule has 3 aromatic heterocycles. The number of carbonyl (C=O) groups excluding carboxylic acids is 3. The molecule has 7 heterocycles. The van der Waals surface area contributed by atoms with Crippen LogP contribution in [0.25, 0.3) is 52.0 Å². The predicted octanol–water partition coefficient (Wildman–Crippen LogP) is 17.6. The molecule has 0 spiro atoms. The number of hydrazine groups is 1. The maximum absolute atomic E-state index is 13.5. The smallest absolute Gasteiger partial charge is 0.286 e. The van der Waals surface area contributed by atoms with Gasteiger partial charge in [-0.1, -0.05) is 115 Å². The SMILES string of the molecule is CN(C(=O)c1nn(-c2ccc(Cl)cc2)c2c1COC/C2=C\c1ccc(F)cc1)c1ccccc1.C[C@@H](NC(=O)c1nn(-c2ccc(Cl)cc2)c2c1COC/C2=C\c1ccc(F)cc1)C1CCCCC1.O=C(NN1CC2CCCC2C1)c1nn(-c2ccc(Cl)cc2)c2c1COC/C2=C\c1ccc(F)cc1. The van der Waals surface area contributed by atoms with Crippen molar-refractivity contribution in [1.82, 2.24) is 45.1 Å². The zero-order valence-corrected chi connectivity index (χ0v) is 59.7. The Labute approximate surface area is 616 Å². The highest BCUT2D eigenvalue weighted by atomic mass is 35.5. The van der Waals surface area contributed by atoms with E-state index in [1.807, 2.05) is 90.0 Å². The number of anilines is 1. The maximum atomic E-state index is 13.5. The van der Waals surface area contributed by atoms with Gasteiger partial charge in [0.15, 0.2) is 17.1 Å². The van der Waals surface area contributed by atoms with Gasteiger partial charge in [-0.2, -0.15) is 15.3 Å². The lowest BCUT2D eigenvalue weighted by Crippen LogP contribution is -2.41. The minimum atomic E-state index is -0.300. The summed E-state index contributed by atoms with van der Waals surface area (Å²) in [6.45, 7) is 5.78. The van der Waals surface area contributed by atoms with Crippen LogP contribution < -0.4 is 15.6 Å². The van der Waals surface area contributed by atoms with E-state index >= 15 is 0 Å². The number of nitrogens with one attached hydrogen (secondary N) is 2. The van der Waals surface area contributed by atoms with Gasteiger partial charge in [-0.05, 0) is 207 Å². The van der Waals surface area contributed by atoms with E-state index in [0.29, 0.717) is 81.9 Å². The van der Waals surface area contributed by atoms with E-state index in [1.54, 1.807) is 98.8 Å². The van der Waals surface area contributed by atoms with Gasteiger partial charge in [0, 0.05) is 80.3 Å². The van der Waals surface area contributed by atoms with Crippen LogP contribution in [0.1, 0.15) is 140 Å². The van der Waals surface area contributed by atoms with Crippen LogP contribution in [0.2, 0.25) is 15.1 Å². The molecule has 2 saturated carbocycles. The molecule has 4 aliphatic heterocycles. The van der Waals surface area contributed by atoms with Crippen LogP contribution in [0.5, 0.6) is 0 Å². The first-order valence-electron chi connectivity index (χ1n) is 35.0. The summed E-state index contributed by atoms with van der Waals surface area (Å²) in [7, 11) is 1.73. The second-order valence-corrected chi connectivity index (χ2v) is 28.3. The Hall–Kier alpha value is -9.70. The number of halogens is 6. The summed E-state index contributed by atoms with van der Waals surface area (Å²) in [6, 6.07) is 50.3. The Morgan fingerprint density at radius 2 is 0.846 bits per heavy atom. The van der Waals surface area contributed by atoms with E-state index in [1.165, 1.54) is 74.9 Å². The molecule has 22 heteroatoms. The van der Waals surface area contributed by atoms with E-state index in [-0.39, 0.29) is 54.4 Å². The standard InChI is InChI=1S/C28H29ClFN3O2.C27H26ClFN4O2.C27H21ClFN3O2/c1-18(20-5-3-2-4-6-20)31-28(34)26-25-17-35-16-21(15-19-7-11-23(30)12-8-19)27(25)33(32-26)24-13-9-22(29)10-14-24;28-21-6-10-23(11-7-21)33-26-20(12-17-4-8-22(29)9-5-17)15-35-16-24(26)25(30-33)27(34)31-32-13-18-2-1-3-19(18)14-32;1-31(22-5-3-2-4-6-22)27(33)25-24-17-34-16-19(15-18-7-11-21(29)12-8-18)26(24)32(30-25)23-13-9-20(28)10-14-23/h7-15,18,20H,2-6,16-17H2,1H3,(H,31,34);4-12,18-19H,1-3,13-16H2,(H,31,34);2-15H,16-17H2,1H3/b21-15+;20-12+;19-15+/t18-;;/m1../s1. The molecule has 16 nitrogen and oxygen atoms in total. The average molecular weight is 1460 g/mol. The molecule has 3 fully saturated rings. The number of para-hydroxylation sites is 1. The van der Waals surface area contributed by atoms with Crippen LogP contribution in [0.15, 0.2) is 176 Å². The summed E-state index contributed by atoms with van der Waals surface area (Å²) in [5.74, 6) is 0.321. The molecule has 2 unspecified atom stereocenters. The highest BCUT2D eigenvalue weighted by Crippen LogP contribution is 2.40. The Morgan fingerprint density at radius 3 is 1.25 bits per heavy atom. The van der Waals surface area contributed by atoms with Gasteiger partial charge in [0.25, 0.3) is 17.7 Å². The third kappa shape index (κ3) is 16.1. The molecular weight excluding hydrogens is 1380 g/mol. The van der Waals surface area contributed by atoms with E-state index in [4.69, 9.17) is 64.3 Å². The van der Waals surface area contributed by atoms with Crippen molar-refractivity contribution in [3.8, 4) is 17.1 Å². The van der Waals surface area contributed by atoms with Crippen molar-refractivity contribution in [2.45, 2.75) is 84.2 Å². The zero-order valence-electron chi connectivity index (χ0n) is 57.4. The molecule has 2 N–H and O–H groups in total. The molecule has 1 saturated heterocycles. The molecule has 104 heavy (non-hydrogen) atoms. The van der Waals surface area contributed by atoms with E-state index in [2.05, 4.69) is 17.7 Å². The number of benzene rings is 7. The van der Waals surface area contributed by atoms with Crippen molar-refractivity contribution in [3.05, 3.63) is 276 Å². The lowest BCUT2D eigenvalue weighted by atomic mass is 9.84. The second kappa shape index (κ2) is 32.1. The monoisotopic (exact) mass is 1460 g/mol. The van der Waals surface area contributed by atoms with Crippen molar-refractivity contribution in [2.24, 2.45) is 17.8 Å². The molecule has 0 bridgehead atoms. The van der Waals surface area contributed by atoms with Gasteiger partial charge in [0.2, 0.25) is 0 Å². The first-order valence-corrected chi connectivity index (χ1v) is 36.1. The summed E-state index contributed by atoms with van der Waals surface area (Å²) in [6.07, 6.45) is 15.6. The average Bonchev–Trinajstić information content (AvgIpc) is 1.62. The Kier molecular flexibility index (Phi) is 22.0. The fourth-order valence-electron chi connectivity index (χ4n) is 14.7. The number of rotatable bonds is 13. The molecule has 0 radical (unpaired) electrons. The van der Waals surface area contributed by atoms with Gasteiger partial charge in [-0.15, -0.1) is 0 Å². The molecule has 3 amide bonds. The maximum Gasteiger partial charge on any atom is 0.286 e. The van der Waals surface area contributed by atoms with Crippen molar-refractivity contribution < 1.29 is 41.8 Å². The number of carbonyl (C=O) groups is 3. The molecule has 10 aromatic rings. The minimum absolute atomic E-state index is 0.0814. The van der Waals surface area contributed by atoms with Crippen LogP contribution >= 0.6 is 34.8 Å². The predicted molar refractivity (Wildman–Crippen MR) is 400 cm³/mol. The van der Waals surface area contributed by atoms with Crippen molar-refractivity contribution in [2.75, 3.05) is 44.9 Å². The third-order valence-corrected chi connectivity index (χ3v) is 20.8. The highest BCUT2D eigenvalue weighted by Gasteiger charge is 2.39. The summed E-state index contributed by atoms with van der Waals surface area (Å²) in [5, 5.41) is 21.4. The number of hydrogen-bond donors (Lipinski definition) is 2. The van der Waals surface area contributed by atoms with E-state index < -0.39 is 0 Å². The van der Waals surface area contributed by atoms with Crippen LogP contribution in [0, 0.1) is 35.2 Å². The van der Waals surface area contributed by atoms with E-state index in [0.717, 1.165) is 110 Å². The Balaban J connectivity index is 0.000000132. The minimum Gasteiger partial charge on any atom is -0.372 e. The first kappa shape index (κ1) is 71.3. The summed E-state index contributed by atoms with van der Waals surface area (Å²) in [4.78, 5) is 42.0. The Morgan fingerprint density at radius 1 is 0.471 bits per heavy atom. The fraction of sp³-hybridized carbons (Fsp3) is 0.268. The normalized spacial score (nSPS) is 18.5. The summed E-state index contributed by atoms with van der Waals surface area (Å²) >= 11 is 18.3. The van der Waals surface area contributed by atoms with Gasteiger partial charge in [-0.3, -0.25) is 19.8 Å². The van der Waals surface area contributed by atoms with Gasteiger partial charge >= 0.3 is 0 Å². The van der Waals surface area contributed by atoms with E-state index in [9.17, 15) is 27.6 Å². The van der Waals surface area contributed by atoms with Crippen molar-refractivity contribution >= 4 is 93.2 Å². The molecule has 6 aliphatic rings. The van der Waals surface area contributed by atoms with Crippen LogP contribution in [-0.4, -0.2) is 98.1 Å². The van der Waals surface area contributed by atoms with Gasteiger partial charge in [0.1, 0.15) is 17.5 Å². The van der Waals surface area contributed by atoms with Crippen molar-refractivity contribution in [1.29, 1.82) is 0 Å². The quantitative estimate of drug-likeness (QED) is 0.114. The fourth-order valence-corrected chi connectivity index (χ4v) is 15.1. The van der Waals surface area contributed by atoms with Crippen LogP contribution in [0.3, 0.4) is 0 Å². The molecule has 532 valence electrons. The number of fused-ring (bicyclic) bond motifs is 4. The summed E-state index contributed by atoms with van der Waals surface area (Å²) < 4.78 is 63.3. The van der Waals surface area contributed by atoms with Crippen LogP contribution in [-0.2, 0) is 34.0 Å². The number of amides is 3. The van der Waals surface area contributed by atoms with Gasteiger partial charge < -0.3 is 24.4 Å². The molecule has 16 rings (SSSR count). The molecular formula is C82H76Cl3F3N10O6. The lowest BCUT2D eigenvalue weighted by molar-refractivity contribution is 0.0801. The largest absolute Gasteiger partial charge is 0.372 e. The topological polar surface area (TPSA) is 163 Å². The summed E-state index contributed by atoms with van der Waals surface area (Å²) in [5.41, 5.74) is 17.1. The number of ether oxygens (including phenoxy) is 3. The third-order valence-electron chi connectivity index (χ3n) is 20.0. The molecule has 2 aliphatic carbocycles. The number of nitrogens with zero attached hydrogens (tertiary/aromatic N) is 8.